The number of benzene rings is 2. The van der Waals surface area contributed by atoms with Crippen molar-refractivity contribution in [2.45, 2.75) is 57.7 Å². The first-order valence-electron chi connectivity index (χ1n) is 10.0. The van der Waals surface area contributed by atoms with Gasteiger partial charge in [-0.05, 0) is 47.1 Å². The third-order valence-corrected chi connectivity index (χ3v) is 6.49. The smallest absolute Gasteiger partial charge is 0.255 e. The van der Waals surface area contributed by atoms with Crippen molar-refractivity contribution in [2.75, 3.05) is 12.3 Å². The largest absolute Gasteiger partial charge is 0.322 e. The van der Waals surface area contributed by atoms with Crippen molar-refractivity contribution in [1.82, 2.24) is 4.90 Å². The van der Waals surface area contributed by atoms with Gasteiger partial charge in [-0.25, -0.2) is 0 Å². The molecule has 0 bridgehead atoms. The van der Waals surface area contributed by atoms with Gasteiger partial charge in [0.25, 0.3) is 5.91 Å². The second-order valence-corrected chi connectivity index (χ2v) is 9.58. The molecular weight excluding hydrogens is 350 g/mol. The summed E-state index contributed by atoms with van der Waals surface area (Å²) in [5.74, 6) is 1.14. The summed E-state index contributed by atoms with van der Waals surface area (Å²) in [5, 5.41) is 0.117. The van der Waals surface area contributed by atoms with Crippen LogP contribution in [0.1, 0.15) is 73.0 Å². The Morgan fingerprint density at radius 1 is 1.07 bits per heavy atom. The Balaban J connectivity index is 1.74. The van der Waals surface area contributed by atoms with Crippen molar-refractivity contribution < 1.29 is 4.79 Å². The molecule has 3 rings (SSSR count). The van der Waals surface area contributed by atoms with Crippen LogP contribution in [0.25, 0.3) is 0 Å². The van der Waals surface area contributed by atoms with Crippen LogP contribution in [0, 0.1) is 0 Å². The van der Waals surface area contributed by atoms with E-state index in [2.05, 4.69) is 64.1 Å². The van der Waals surface area contributed by atoms with Gasteiger partial charge in [0.1, 0.15) is 5.37 Å². The fraction of sp³-hybridized carbons (Fsp3) is 0.458. The number of nitrogens with zero attached hydrogens (tertiary/aromatic N) is 1. The van der Waals surface area contributed by atoms with E-state index in [4.69, 9.17) is 0 Å². The second kappa shape index (κ2) is 8.52. The lowest BCUT2D eigenvalue weighted by Gasteiger charge is -2.25. The van der Waals surface area contributed by atoms with Crippen LogP contribution < -0.4 is 0 Å². The lowest BCUT2D eigenvalue weighted by Crippen LogP contribution is -2.30. The van der Waals surface area contributed by atoms with Crippen molar-refractivity contribution >= 4 is 17.7 Å². The lowest BCUT2D eigenvalue weighted by atomic mass is 9.86. The maximum atomic E-state index is 13.1. The third kappa shape index (κ3) is 4.76. The normalized spacial score (nSPS) is 17.3. The molecule has 0 spiro atoms. The summed E-state index contributed by atoms with van der Waals surface area (Å²) in [6, 6.07) is 17.0. The van der Waals surface area contributed by atoms with E-state index < -0.39 is 0 Å². The maximum Gasteiger partial charge on any atom is 0.255 e. The second-order valence-electron chi connectivity index (χ2n) is 8.39. The highest BCUT2D eigenvalue weighted by molar-refractivity contribution is 7.99. The monoisotopic (exact) mass is 381 g/mol. The van der Waals surface area contributed by atoms with E-state index in [0.29, 0.717) is 0 Å². The number of carbonyl (C=O) groups excluding carboxylic acids is 1. The van der Waals surface area contributed by atoms with Crippen molar-refractivity contribution in [3.63, 3.8) is 0 Å². The summed E-state index contributed by atoms with van der Waals surface area (Å²) in [7, 11) is 0. The number of carbonyl (C=O) groups is 1. The van der Waals surface area contributed by atoms with E-state index in [1.807, 2.05) is 28.8 Å². The molecule has 2 aromatic carbocycles. The zero-order valence-electron chi connectivity index (χ0n) is 17.0. The first kappa shape index (κ1) is 20.0. The van der Waals surface area contributed by atoms with Gasteiger partial charge < -0.3 is 4.90 Å². The van der Waals surface area contributed by atoms with Crippen LogP contribution in [0.5, 0.6) is 0 Å². The Hall–Kier alpha value is -1.74. The van der Waals surface area contributed by atoms with Crippen LogP contribution >= 0.6 is 11.8 Å². The highest BCUT2D eigenvalue weighted by Gasteiger charge is 2.31. The zero-order chi connectivity index (χ0) is 19.4. The van der Waals surface area contributed by atoms with Crippen LogP contribution in [-0.2, 0) is 11.8 Å². The number of hydrogen-bond donors (Lipinski definition) is 0. The Kier molecular flexibility index (Phi) is 6.31. The van der Waals surface area contributed by atoms with E-state index in [0.717, 1.165) is 24.3 Å². The minimum absolute atomic E-state index is 0.117. The van der Waals surface area contributed by atoms with Gasteiger partial charge in [0.05, 0.1) is 0 Å². The highest BCUT2D eigenvalue weighted by Crippen LogP contribution is 2.39. The summed E-state index contributed by atoms with van der Waals surface area (Å²) in [6.07, 6.45) is 3.48. The molecule has 1 amide bonds. The standard InChI is InChI=1S/C24H31NOS/c1-5-6-7-18-8-10-19(11-9-18)22(26)25-16-17-27-23(25)20-12-14-21(15-13-20)24(2,3)4/h8-15,23H,5-7,16-17H2,1-4H3/t23-/m1/s1. The molecule has 0 N–H and O–H groups in total. The molecular formula is C24H31NOS. The molecule has 1 fully saturated rings. The van der Waals surface area contributed by atoms with Gasteiger partial charge in [0, 0.05) is 17.9 Å². The van der Waals surface area contributed by atoms with Crippen LogP contribution in [0.3, 0.4) is 0 Å². The van der Waals surface area contributed by atoms with Crippen LogP contribution in [0.2, 0.25) is 0 Å². The molecule has 1 saturated heterocycles. The number of aryl methyl sites for hydroxylation is 1. The summed E-state index contributed by atoms with van der Waals surface area (Å²) >= 11 is 1.86. The Morgan fingerprint density at radius 3 is 2.33 bits per heavy atom. The first-order chi connectivity index (χ1) is 12.9. The Morgan fingerprint density at radius 2 is 1.74 bits per heavy atom. The van der Waals surface area contributed by atoms with Crippen LogP contribution in [-0.4, -0.2) is 23.1 Å². The molecule has 3 heteroatoms. The molecule has 0 unspecified atom stereocenters. The fourth-order valence-corrected chi connectivity index (χ4v) is 4.72. The van der Waals surface area contributed by atoms with Gasteiger partial charge in [0.2, 0.25) is 0 Å². The summed E-state index contributed by atoms with van der Waals surface area (Å²) in [4.78, 5) is 15.1. The molecule has 1 heterocycles. The van der Waals surface area contributed by atoms with E-state index >= 15 is 0 Å². The average Bonchev–Trinajstić information content (AvgIpc) is 3.15. The minimum Gasteiger partial charge on any atom is -0.322 e. The maximum absolute atomic E-state index is 13.1. The number of thioether (sulfide) groups is 1. The molecule has 0 saturated carbocycles. The summed E-state index contributed by atoms with van der Waals surface area (Å²) in [6.45, 7) is 9.70. The number of amides is 1. The van der Waals surface area contributed by atoms with Gasteiger partial charge in [0.15, 0.2) is 0 Å². The van der Waals surface area contributed by atoms with Gasteiger partial charge in [-0.1, -0.05) is 70.5 Å². The Bertz CT molecular complexity index is 758. The Labute approximate surface area is 168 Å². The van der Waals surface area contributed by atoms with Crippen molar-refractivity contribution in [2.24, 2.45) is 0 Å². The topological polar surface area (TPSA) is 20.3 Å². The van der Waals surface area contributed by atoms with Crippen molar-refractivity contribution in [1.29, 1.82) is 0 Å². The van der Waals surface area contributed by atoms with E-state index in [9.17, 15) is 4.79 Å². The highest BCUT2D eigenvalue weighted by atomic mass is 32.2. The number of unbranched alkanes of at least 4 members (excludes halogenated alkanes) is 1. The molecule has 2 aromatic rings. The molecule has 144 valence electrons. The molecule has 1 atom stereocenters. The van der Waals surface area contributed by atoms with Crippen LogP contribution in [0.4, 0.5) is 0 Å². The zero-order valence-corrected chi connectivity index (χ0v) is 17.8. The van der Waals surface area contributed by atoms with Gasteiger partial charge in [-0.15, -0.1) is 11.8 Å². The van der Waals surface area contributed by atoms with Gasteiger partial charge in [-0.3, -0.25) is 4.79 Å². The SMILES string of the molecule is CCCCc1ccc(C(=O)N2CCS[C@@H]2c2ccc(C(C)(C)C)cc2)cc1. The molecule has 1 aliphatic heterocycles. The fourth-order valence-electron chi connectivity index (χ4n) is 3.46. The molecule has 0 radical (unpaired) electrons. The van der Waals surface area contributed by atoms with Crippen molar-refractivity contribution in [3.8, 4) is 0 Å². The summed E-state index contributed by atoms with van der Waals surface area (Å²) < 4.78 is 0. The molecule has 27 heavy (non-hydrogen) atoms. The number of hydrogen-bond acceptors (Lipinski definition) is 2. The lowest BCUT2D eigenvalue weighted by molar-refractivity contribution is 0.0760. The molecule has 0 aliphatic carbocycles. The van der Waals surface area contributed by atoms with Crippen LogP contribution in [0.15, 0.2) is 48.5 Å². The molecule has 0 aromatic heterocycles. The predicted octanol–water partition coefficient (Wildman–Crippen LogP) is 6.21. The van der Waals surface area contributed by atoms with E-state index in [1.54, 1.807) is 0 Å². The quantitative estimate of drug-likeness (QED) is 0.613. The van der Waals surface area contributed by atoms with Crippen molar-refractivity contribution in [3.05, 3.63) is 70.8 Å². The molecule has 1 aliphatic rings. The van der Waals surface area contributed by atoms with Gasteiger partial charge >= 0.3 is 0 Å². The number of rotatable bonds is 5. The summed E-state index contributed by atoms with van der Waals surface area (Å²) in [5.41, 5.74) is 4.82. The van der Waals surface area contributed by atoms with Gasteiger partial charge in [-0.2, -0.15) is 0 Å². The average molecular weight is 382 g/mol. The minimum atomic E-state index is 0.117. The van der Waals surface area contributed by atoms with E-state index in [1.165, 1.54) is 29.5 Å². The third-order valence-electron chi connectivity index (χ3n) is 5.23. The first-order valence-corrected chi connectivity index (χ1v) is 11.1. The predicted molar refractivity (Wildman–Crippen MR) is 116 cm³/mol. The van der Waals surface area contributed by atoms with E-state index in [-0.39, 0.29) is 16.7 Å². The molecule has 2 nitrogen and oxygen atoms in total.